The molecule has 1 spiro atoms. The van der Waals surface area contributed by atoms with Crippen molar-refractivity contribution in [2.24, 2.45) is 11.3 Å². The first kappa shape index (κ1) is 19.3. The molecule has 6 heteroatoms. The van der Waals surface area contributed by atoms with Gasteiger partial charge >= 0.3 is 0 Å². The highest BCUT2D eigenvalue weighted by Gasteiger charge is 2.46. The van der Waals surface area contributed by atoms with E-state index in [0.717, 1.165) is 57.0 Å². The van der Waals surface area contributed by atoms with Crippen molar-refractivity contribution in [3.05, 3.63) is 11.7 Å². The van der Waals surface area contributed by atoms with Crippen molar-refractivity contribution >= 4 is 5.91 Å². The molecule has 1 atom stereocenters. The third kappa shape index (κ3) is 4.11. The fourth-order valence-electron chi connectivity index (χ4n) is 4.34. The minimum atomic E-state index is 0.231. The molecule has 1 aromatic rings. The SMILES string of the molecule is CC(C)CCC(=O)N1CCC2(CC1)CC(c1noc(C(C)C)n1)N(C)C2. The number of rotatable bonds is 5. The van der Waals surface area contributed by atoms with E-state index in [1.165, 1.54) is 0 Å². The number of carbonyl (C=O) groups is 1. The summed E-state index contributed by atoms with van der Waals surface area (Å²) in [6, 6.07) is 0.231. The van der Waals surface area contributed by atoms with Crippen molar-refractivity contribution < 1.29 is 9.32 Å². The van der Waals surface area contributed by atoms with E-state index >= 15 is 0 Å². The number of hydrogen-bond donors (Lipinski definition) is 0. The number of piperidine rings is 1. The zero-order chi connectivity index (χ0) is 18.9. The van der Waals surface area contributed by atoms with E-state index in [1.807, 2.05) is 0 Å². The van der Waals surface area contributed by atoms with E-state index in [2.05, 4.69) is 54.7 Å². The maximum atomic E-state index is 12.4. The predicted octanol–water partition coefficient (Wildman–Crippen LogP) is 3.61. The largest absolute Gasteiger partial charge is 0.343 e. The molecule has 2 aliphatic heterocycles. The van der Waals surface area contributed by atoms with E-state index in [-0.39, 0.29) is 17.4 Å². The number of hydrogen-bond acceptors (Lipinski definition) is 5. The van der Waals surface area contributed by atoms with Gasteiger partial charge < -0.3 is 9.42 Å². The zero-order valence-corrected chi connectivity index (χ0v) is 17.0. The van der Waals surface area contributed by atoms with Crippen LogP contribution in [0.3, 0.4) is 0 Å². The summed E-state index contributed by atoms with van der Waals surface area (Å²) in [5, 5.41) is 4.24. The van der Waals surface area contributed by atoms with Gasteiger partial charge in [-0.15, -0.1) is 0 Å². The number of carbonyl (C=O) groups excluding carboxylic acids is 1. The van der Waals surface area contributed by atoms with Gasteiger partial charge in [-0.1, -0.05) is 32.9 Å². The maximum absolute atomic E-state index is 12.4. The van der Waals surface area contributed by atoms with Crippen molar-refractivity contribution in [1.82, 2.24) is 19.9 Å². The van der Waals surface area contributed by atoms with E-state index in [4.69, 9.17) is 4.52 Å². The molecule has 0 radical (unpaired) electrons. The molecule has 0 aliphatic carbocycles. The van der Waals surface area contributed by atoms with Gasteiger partial charge in [0.1, 0.15) is 0 Å². The number of aromatic nitrogens is 2. The van der Waals surface area contributed by atoms with E-state index in [0.29, 0.717) is 18.2 Å². The van der Waals surface area contributed by atoms with Crippen molar-refractivity contribution in [2.75, 3.05) is 26.7 Å². The first-order valence-electron chi connectivity index (χ1n) is 10.1. The van der Waals surface area contributed by atoms with Gasteiger partial charge in [0.2, 0.25) is 11.8 Å². The van der Waals surface area contributed by atoms with E-state index < -0.39 is 0 Å². The second kappa shape index (κ2) is 7.67. The van der Waals surface area contributed by atoms with Crippen LogP contribution in [0.4, 0.5) is 0 Å². The van der Waals surface area contributed by atoms with Gasteiger partial charge in [-0.05, 0) is 44.1 Å². The molecule has 3 heterocycles. The Morgan fingerprint density at radius 2 is 1.96 bits per heavy atom. The molecule has 1 unspecified atom stereocenters. The second-order valence-corrected chi connectivity index (χ2v) is 9.09. The molecule has 3 rings (SSSR count). The summed E-state index contributed by atoms with van der Waals surface area (Å²) in [4.78, 5) is 21.5. The Labute approximate surface area is 157 Å². The van der Waals surface area contributed by atoms with Crippen LogP contribution >= 0.6 is 0 Å². The lowest BCUT2D eigenvalue weighted by Crippen LogP contribution is -2.44. The Morgan fingerprint density at radius 1 is 1.27 bits per heavy atom. The second-order valence-electron chi connectivity index (χ2n) is 9.09. The summed E-state index contributed by atoms with van der Waals surface area (Å²) in [6.07, 6.45) is 4.90. The molecule has 2 aliphatic rings. The van der Waals surface area contributed by atoms with Crippen LogP contribution in [-0.4, -0.2) is 52.5 Å². The molecule has 146 valence electrons. The Kier molecular flexibility index (Phi) is 5.70. The number of likely N-dealkylation sites (tertiary alicyclic amines) is 2. The number of nitrogens with zero attached hydrogens (tertiary/aromatic N) is 4. The van der Waals surface area contributed by atoms with Gasteiger partial charge in [-0.25, -0.2) is 0 Å². The minimum Gasteiger partial charge on any atom is -0.343 e. The summed E-state index contributed by atoms with van der Waals surface area (Å²) >= 11 is 0. The highest BCUT2D eigenvalue weighted by atomic mass is 16.5. The topological polar surface area (TPSA) is 62.5 Å². The van der Waals surface area contributed by atoms with Gasteiger partial charge in [0.25, 0.3) is 0 Å². The quantitative estimate of drug-likeness (QED) is 0.800. The van der Waals surface area contributed by atoms with Crippen LogP contribution in [0.15, 0.2) is 4.52 Å². The van der Waals surface area contributed by atoms with Gasteiger partial charge in [-0.2, -0.15) is 4.98 Å². The predicted molar refractivity (Wildman–Crippen MR) is 101 cm³/mol. The first-order chi connectivity index (χ1) is 12.3. The average molecular weight is 363 g/mol. The summed E-state index contributed by atoms with van der Waals surface area (Å²) < 4.78 is 5.42. The van der Waals surface area contributed by atoms with Crippen LogP contribution in [0.1, 0.15) is 83.5 Å². The lowest BCUT2D eigenvalue weighted by Gasteiger charge is -2.39. The van der Waals surface area contributed by atoms with E-state index in [1.54, 1.807) is 0 Å². The molecular formula is C20H34N4O2. The van der Waals surface area contributed by atoms with Crippen LogP contribution in [0.25, 0.3) is 0 Å². The molecule has 1 amide bonds. The molecule has 2 saturated heterocycles. The zero-order valence-electron chi connectivity index (χ0n) is 17.0. The van der Waals surface area contributed by atoms with Crippen molar-refractivity contribution in [2.45, 2.75) is 71.8 Å². The molecule has 0 bridgehead atoms. The molecule has 0 N–H and O–H groups in total. The van der Waals surface area contributed by atoms with Crippen LogP contribution in [-0.2, 0) is 4.79 Å². The lowest BCUT2D eigenvalue weighted by molar-refractivity contribution is -0.133. The summed E-state index contributed by atoms with van der Waals surface area (Å²) in [5.74, 6) is 2.72. The van der Waals surface area contributed by atoms with Gasteiger partial charge in [0.05, 0.1) is 6.04 Å². The fraction of sp³-hybridized carbons (Fsp3) is 0.850. The Bertz CT molecular complexity index is 617. The molecular weight excluding hydrogens is 328 g/mol. The van der Waals surface area contributed by atoms with Crippen LogP contribution in [0.2, 0.25) is 0 Å². The molecule has 1 aromatic heterocycles. The molecule has 6 nitrogen and oxygen atoms in total. The van der Waals surface area contributed by atoms with Crippen LogP contribution in [0, 0.1) is 11.3 Å². The Balaban J connectivity index is 1.58. The Hall–Kier alpha value is -1.43. The first-order valence-corrected chi connectivity index (χ1v) is 10.1. The van der Waals surface area contributed by atoms with Crippen LogP contribution in [0.5, 0.6) is 0 Å². The lowest BCUT2D eigenvalue weighted by atomic mass is 9.76. The van der Waals surface area contributed by atoms with Gasteiger partial charge in [-0.3, -0.25) is 9.69 Å². The normalized spacial score (nSPS) is 23.5. The third-order valence-electron chi connectivity index (χ3n) is 6.10. The summed E-state index contributed by atoms with van der Waals surface area (Å²) in [6.45, 7) is 11.3. The molecule has 26 heavy (non-hydrogen) atoms. The number of amides is 1. The minimum absolute atomic E-state index is 0.231. The van der Waals surface area contributed by atoms with Crippen molar-refractivity contribution in [3.8, 4) is 0 Å². The fourth-order valence-corrected chi connectivity index (χ4v) is 4.34. The van der Waals surface area contributed by atoms with Gasteiger partial charge in [0.15, 0.2) is 5.82 Å². The Morgan fingerprint density at radius 3 is 2.54 bits per heavy atom. The standard InChI is InChI=1S/C20H34N4O2/c1-14(2)6-7-17(25)24-10-8-20(9-11-24)12-16(23(5)13-20)18-21-19(15(3)4)26-22-18/h14-16H,6-13H2,1-5H3. The third-order valence-corrected chi connectivity index (χ3v) is 6.10. The maximum Gasteiger partial charge on any atom is 0.229 e. The van der Waals surface area contributed by atoms with Crippen LogP contribution < -0.4 is 0 Å². The highest BCUT2D eigenvalue weighted by molar-refractivity contribution is 5.76. The summed E-state index contributed by atoms with van der Waals surface area (Å²) in [7, 11) is 2.16. The van der Waals surface area contributed by atoms with Gasteiger partial charge in [0, 0.05) is 32.0 Å². The average Bonchev–Trinajstić information content (AvgIpc) is 3.18. The summed E-state index contributed by atoms with van der Waals surface area (Å²) in [5.41, 5.74) is 0.285. The molecule has 2 fully saturated rings. The molecule has 0 aromatic carbocycles. The molecule has 0 saturated carbocycles. The smallest absolute Gasteiger partial charge is 0.229 e. The highest BCUT2D eigenvalue weighted by Crippen LogP contribution is 2.47. The van der Waals surface area contributed by atoms with E-state index in [9.17, 15) is 4.79 Å². The van der Waals surface area contributed by atoms with Crippen molar-refractivity contribution in [3.63, 3.8) is 0 Å². The monoisotopic (exact) mass is 362 g/mol. The van der Waals surface area contributed by atoms with Crippen molar-refractivity contribution in [1.29, 1.82) is 0 Å².